The van der Waals surface area contributed by atoms with Gasteiger partial charge in [0.15, 0.2) is 0 Å². The van der Waals surface area contributed by atoms with Gasteiger partial charge in [-0.1, -0.05) is 30.1 Å². The van der Waals surface area contributed by atoms with E-state index in [1.165, 1.54) is 0 Å². The molecule has 0 unspecified atom stereocenters. The Balaban J connectivity index is 2.03. The zero-order valence-corrected chi connectivity index (χ0v) is 12.4. The first-order chi connectivity index (χ1) is 9.01. The van der Waals surface area contributed by atoms with Crippen LogP contribution < -0.4 is 0 Å². The molecule has 2 heterocycles. The third-order valence-corrected chi connectivity index (χ3v) is 4.85. The van der Waals surface area contributed by atoms with Crippen LogP contribution in [0.2, 0.25) is 10.2 Å². The van der Waals surface area contributed by atoms with E-state index >= 15 is 0 Å². The van der Waals surface area contributed by atoms with E-state index in [2.05, 4.69) is 11.9 Å². The molecule has 106 valence electrons. The lowest BCUT2D eigenvalue weighted by Crippen LogP contribution is -2.44. The van der Waals surface area contributed by atoms with Crippen molar-refractivity contribution in [2.45, 2.75) is 26.2 Å². The summed E-state index contributed by atoms with van der Waals surface area (Å²) in [5.74, 6) is -0.0866. The van der Waals surface area contributed by atoms with Crippen LogP contribution in [0.25, 0.3) is 0 Å². The number of aliphatic hydroxyl groups is 1. The van der Waals surface area contributed by atoms with Gasteiger partial charge in [0.25, 0.3) is 5.91 Å². The number of rotatable bonds is 3. The highest BCUT2D eigenvalue weighted by atomic mass is 35.5. The number of hydrogen-bond donors (Lipinski definition) is 2. The Morgan fingerprint density at radius 3 is 2.53 bits per heavy atom. The van der Waals surface area contributed by atoms with Gasteiger partial charge in [-0.2, -0.15) is 0 Å². The summed E-state index contributed by atoms with van der Waals surface area (Å²) in [7, 11) is 0. The van der Waals surface area contributed by atoms with Gasteiger partial charge in [0, 0.05) is 19.7 Å². The average molecular weight is 305 g/mol. The molecule has 6 heteroatoms. The van der Waals surface area contributed by atoms with Crippen molar-refractivity contribution in [1.29, 1.82) is 0 Å². The summed E-state index contributed by atoms with van der Waals surface area (Å²) in [6.07, 6.45) is 2.59. The molecular formula is C13H18Cl2N2O2. The number of nitrogens with one attached hydrogen (secondary N) is 1. The standard InChI is InChI=1S/C13H18Cl2N2O2/c1-2-13(8-18)3-5-17(6-4-13)12(19)10-7-9(14)11(15)16-10/h7,16,18H,2-6,8H2,1H3. The number of hydrogen-bond acceptors (Lipinski definition) is 2. The van der Waals surface area contributed by atoms with E-state index in [1.54, 1.807) is 11.0 Å². The number of halogens is 2. The van der Waals surface area contributed by atoms with Gasteiger partial charge in [0.1, 0.15) is 10.8 Å². The first-order valence-electron chi connectivity index (χ1n) is 6.45. The van der Waals surface area contributed by atoms with Crippen molar-refractivity contribution in [3.05, 3.63) is 21.9 Å². The Bertz CT molecular complexity index is 440. The number of likely N-dealkylation sites (tertiary alicyclic amines) is 1. The van der Waals surface area contributed by atoms with Crippen molar-refractivity contribution in [3.63, 3.8) is 0 Å². The SMILES string of the molecule is CCC1(CO)CCN(C(=O)c2cc(Cl)c(Cl)[nH]2)CC1. The summed E-state index contributed by atoms with van der Waals surface area (Å²) in [6, 6.07) is 1.56. The predicted octanol–water partition coefficient (Wildman–Crippen LogP) is 2.95. The van der Waals surface area contributed by atoms with Crippen LogP contribution in [0, 0.1) is 5.41 Å². The topological polar surface area (TPSA) is 56.3 Å². The van der Waals surface area contributed by atoms with Crippen LogP contribution in [0.4, 0.5) is 0 Å². The lowest BCUT2D eigenvalue weighted by molar-refractivity contribution is 0.0335. The Morgan fingerprint density at radius 1 is 1.47 bits per heavy atom. The number of carbonyl (C=O) groups excluding carboxylic acids is 1. The third kappa shape index (κ3) is 2.91. The summed E-state index contributed by atoms with van der Waals surface area (Å²) >= 11 is 11.6. The van der Waals surface area contributed by atoms with E-state index in [0.717, 1.165) is 19.3 Å². The van der Waals surface area contributed by atoms with Crippen molar-refractivity contribution < 1.29 is 9.90 Å². The second kappa shape index (κ2) is 5.73. The van der Waals surface area contributed by atoms with Crippen LogP contribution >= 0.6 is 23.2 Å². The molecule has 1 aromatic heterocycles. The maximum atomic E-state index is 12.3. The maximum absolute atomic E-state index is 12.3. The van der Waals surface area contributed by atoms with Gasteiger partial charge in [-0.05, 0) is 30.7 Å². The van der Waals surface area contributed by atoms with Crippen LogP contribution in [0.1, 0.15) is 36.7 Å². The monoisotopic (exact) mass is 304 g/mol. The van der Waals surface area contributed by atoms with Crippen LogP contribution in [0.5, 0.6) is 0 Å². The van der Waals surface area contributed by atoms with Crippen LogP contribution in [-0.2, 0) is 0 Å². The van der Waals surface area contributed by atoms with Crippen molar-refractivity contribution in [1.82, 2.24) is 9.88 Å². The summed E-state index contributed by atoms with van der Waals surface area (Å²) in [5.41, 5.74) is 0.393. The normalized spacial score (nSPS) is 18.6. The molecular weight excluding hydrogens is 287 g/mol. The first kappa shape index (κ1) is 14.7. The molecule has 0 radical (unpaired) electrons. The molecule has 4 nitrogen and oxygen atoms in total. The van der Waals surface area contributed by atoms with Crippen molar-refractivity contribution >= 4 is 29.1 Å². The molecule has 1 aromatic rings. The third-order valence-electron chi connectivity index (χ3n) is 4.15. The van der Waals surface area contributed by atoms with E-state index in [-0.39, 0.29) is 17.9 Å². The smallest absolute Gasteiger partial charge is 0.270 e. The molecule has 1 fully saturated rings. The van der Waals surface area contributed by atoms with Crippen LogP contribution in [0.15, 0.2) is 6.07 Å². The van der Waals surface area contributed by atoms with Gasteiger partial charge in [-0.3, -0.25) is 4.79 Å². The molecule has 0 spiro atoms. The molecule has 2 rings (SSSR count). The fourth-order valence-corrected chi connectivity index (χ4v) is 2.81. The predicted molar refractivity (Wildman–Crippen MR) is 75.8 cm³/mol. The average Bonchev–Trinajstić information content (AvgIpc) is 2.78. The Hall–Kier alpha value is -0.710. The van der Waals surface area contributed by atoms with E-state index in [9.17, 15) is 9.90 Å². The Kier molecular flexibility index (Phi) is 4.43. The number of carbonyl (C=O) groups is 1. The van der Waals surface area contributed by atoms with E-state index < -0.39 is 0 Å². The zero-order valence-electron chi connectivity index (χ0n) is 10.9. The lowest BCUT2D eigenvalue weighted by atomic mass is 9.77. The fraction of sp³-hybridized carbons (Fsp3) is 0.615. The highest BCUT2D eigenvalue weighted by Gasteiger charge is 2.34. The number of aromatic nitrogens is 1. The molecule has 2 N–H and O–H groups in total. The van der Waals surface area contributed by atoms with Gasteiger partial charge in [-0.25, -0.2) is 0 Å². The molecule has 0 aromatic carbocycles. The highest BCUT2D eigenvalue weighted by Crippen LogP contribution is 2.34. The van der Waals surface area contributed by atoms with Gasteiger partial charge in [0.05, 0.1) is 5.02 Å². The minimum atomic E-state index is -0.0866. The number of nitrogens with zero attached hydrogens (tertiary/aromatic N) is 1. The zero-order chi connectivity index (χ0) is 14.0. The number of piperidine rings is 1. The van der Waals surface area contributed by atoms with Gasteiger partial charge in [0.2, 0.25) is 0 Å². The molecule has 1 aliphatic heterocycles. The van der Waals surface area contributed by atoms with Crippen molar-refractivity contribution in [3.8, 4) is 0 Å². The van der Waals surface area contributed by atoms with Crippen LogP contribution in [-0.4, -0.2) is 40.6 Å². The number of H-pyrrole nitrogens is 1. The summed E-state index contributed by atoms with van der Waals surface area (Å²) < 4.78 is 0. The molecule has 0 atom stereocenters. The van der Waals surface area contributed by atoms with E-state index in [1.807, 2.05) is 0 Å². The Labute approximate surface area is 122 Å². The minimum absolute atomic E-state index is 0.0260. The van der Waals surface area contributed by atoms with E-state index in [4.69, 9.17) is 23.2 Å². The fourth-order valence-electron chi connectivity index (χ4n) is 2.50. The Morgan fingerprint density at radius 2 is 2.11 bits per heavy atom. The molecule has 0 aliphatic carbocycles. The number of amides is 1. The summed E-state index contributed by atoms with van der Waals surface area (Å²) in [4.78, 5) is 16.8. The molecule has 19 heavy (non-hydrogen) atoms. The van der Waals surface area contributed by atoms with Crippen molar-refractivity contribution in [2.24, 2.45) is 5.41 Å². The number of aromatic amines is 1. The molecule has 1 amide bonds. The summed E-state index contributed by atoms with van der Waals surface area (Å²) in [5, 5.41) is 10.1. The first-order valence-corrected chi connectivity index (χ1v) is 7.21. The van der Waals surface area contributed by atoms with Gasteiger partial charge in [-0.15, -0.1) is 0 Å². The molecule has 0 bridgehead atoms. The van der Waals surface area contributed by atoms with E-state index in [0.29, 0.717) is 29.0 Å². The molecule has 1 saturated heterocycles. The summed E-state index contributed by atoms with van der Waals surface area (Å²) in [6.45, 7) is 3.58. The highest BCUT2D eigenvalue weighted by molar-refractivity contribution is 6.41. The molecule has 1 aliphatic rings. The number of aliphatic hydroxyl groups excluding tert-OH is 1. The maximum Gasteiger partial charge on any atom is 0.270 e. The quantitative estimate of drug-likeness (QED) is 0.902. The van der Waals surface area contributed by atoms with Crippen molar-refractivity contribution in [2.75, 3.05) is 19.7 Å². The second-order valence-electron chi connectivity index (χ2n) is 5.15. The van der Waals surface area contributed by atoms with Crippen LogP contribution in [0.3, 0.4) is 0 Å². The van der Waals surface area contributed by atoms with Gasteiger partial charge < -0.3 is 15.0 Å². The lowest BCUT2D eigenvalue weighted by Gasteiger charge is -2.40. The molecule has 0 saturated carbocycles. The minimum Gasteiger partial charge on any atom is -0.396 e. The second-order valence-corrected chi connectivity index (χ2v) is 5.93. The largest absolute Gasteiger partial charge is 0.396 e. The van der Waals surface area contributed by atoms with Gasteiger partial charge >= 0.3 is 0 Å².